The van der Waals surface area contributed by atoms with Crippen molar-refractivity contribution in [1.29, 1.82) is 0 Å². The van der Waals surface area contributed by atoms with Gasteiger partial charge in [-0.25, -0.2) is 0 Å². The Labute approximate surface area is 299 Å². The van der Waals surface area contributed by atoms with Gasteiger partial charge in [-0.3, -0.25) is 0 Å². The van der Waals surface area contributed by atoms with E-state index < -0.39 is 0 Å². The summed E-state index contributed by atoms with van der Waals surface area (Å²) in [5, 5.41) is 7.55. The number of aryl methyl sites for hydroxylation is 2. The molecule has 0 N–H and O–H groups in total. The van der Waals surface area contributed by atoms with Crippen molar-refractivity contribution in [2.75, 3.05) is 4.90 Å². The highest BCUT2D eigenvalue weighted by molar-refractivity contribution is 6.33. The fourth-order valence-electron chi connectivity index (χ4n) is 7.78. The largest absolute Gasteiger partial charge is 0.310 e. The molecule has 0 saturated heterocycles. The molecule has 0 heterocycles. The van der Waals surface area contributed by atoms with Crippen LogP contribution in [-0.4, -0.2) is 0 Å². The molecular formula is C50H37N. The van der Waals surface area contributed by atoms with Gasteiger partial charge < -0.3 is 4.90 Å². The first-order valence-corrected chi connectivity index (χ1v) is 17.7. The maximum absolute atomic E-state index is 2.43. The lowest BCUT2D eigenvalue weighted by Crippen LogP contribution is -2.10. The molecular weight excluding hydrogens is 615 g/mol. The van der Waals surface area contributed by atoms with Crippen molar-refractivity contribution in [3.63, 3.8) is 0 Å². The Morgan fingerprint density at radius 1 is 0.314 bits per heavy atom. The standard InChI is InChI=1S/C50H37N/c1-34-25-27-39(28-26-34)51(40-22-14-15-35(2)31-40)41-29-30-44-47(32-41)42-23-12-13-24-43(42)49-46(37-18-8-4-9-19-37)33-45(36-16-6-3-7-17-36)48(50(44)49)38-20-10-5-11-21-38/h3-33H,1-2H3. The Bertz CT molecular complexity index is 2680. The van der Waals surface area contributed by atoms with Gasteiger partial charge in [0.1, 0.15) is 0 Å². The summed E-state index contributed by atoms with van der Waals surface area (Å²) >= 11 is 0. The second kappa shape index (κ2) is 12.8. The highest BCUT2D eigenvalue weighted by Gasteiger charge is 2.22. The first kappa shape index (κ1) is 30.6. The van der Waals surface area contributed by atoms with Gasteiger partial charge >= 0.3 is 0 Å². The van der Waals surface area contributed by atoms with Crippen molar-refractivity contribution >= 4 is 49.4 Å². The summed E-state index contributed by atoms with van der Waals surface area (Å²) in [5.41, 5.74) is 13.3. The number of benzene rings is 9. The Morgan fingerprint density at radius 2 is 0.863 bits per heavy atom. The molecule has 242 valence electrons. The maximum Gasteiger partial charge on any atom is 0.0468 e. The quantitative estimate of drug-likeness (QED) is 0.162. The van der Waals surface area contributed by atoms with Gasteiger partial charge in [0, 0.05) is 17.1 Å². The fourth-order valence-corrected chi connectivity index (χ4v) is 7.78. The van der Waals surface area contributed by atoms with Gasteiger partial charge in [0.15, 0.2) is 0 Å². The molecule has 9 rings (SSSR count). The van der Waals surface area contributed by atoms with E-state index in [1.807, 2.05) is 0 Å². The van der Waals surface area contributed by atoms with E-state index in [0.29, 0.717) is 0 Å². The molecule has 9 aromatic rings. The zero-order valence-electron chi connectivity index (χ0n) is 28.8. The third-order valence-corrected chi connectivity index (χ3v) is 10.1. The van der Waals surface area contributed by atoms with Gasteiger partial charge in [-0.05, 0) is 128 Å². The normalized spacial score (nSPS) is 11.3. The Kier molecular flexibility index (Phi) is 7.67. The van der Waals surface area contributed by atoms with Crippen molar-refractivity contribution in [2.45, 2.75) is 13.8 Å². The average molecular weight is 652 g/mol. The van der Waals surface area contributed by atoms with E-state index in [2.05, 4.69) is 207 Å². The summed E-state index contributed by atoms with van der Waals surface area (Å²) in [4.78, 5) is 2.39. The van der Waals surface area contributed by atoms with Crippen LogP contribution in [0, 0.1) is 13.8 Å². The Morgan fingerprint density at radius 3 is 1.53 bits per heavy atom. The predicted molar refractivity (Wildman–Crippen MR) is 219 cm³/mol. The van der Waals surface area contributed by atoms with E-state index in [0.717, 1.165) is 17.1 Å². The second-order valence-electron chi connectivity index (χ2n) is 13.5. The van der Waals surface area contributed by atoms with Crippen molar-refractivity contribution in [1.82, 2.24) is 0 Å². The van der Waals surface area contributed by atoms with E-state index in [-0.39, 0.29) is 0 Å². The zero-order valence-corrected chi connectivity index (χ0v) is 28.8. The SMILES string of the molecule is Cc1ccc(N(c2cccc(C)c2)c2ccc3c(c2)c2ccccc2c2c(-c4ccccc4)cc(-c4ccccc4)c(-c4ccccc4)c32)cc1. The minimum absolute atomic E-state index is 1.13. The van der Waals surface area contributed by atoms with Crippen LogP contribution in [0.3, 0.4) is 0 Å². The van der Waals surface area contributed by atoms with Crippen LogP contribution in [0.5, 0.6) is 0 Å². The monoisotopic (exact) mass is 651 g/mol. The summed E-state index contributed by atoms with van der Waals surface area (Å²) in [6, 6.07) is 68.8. The van der Waals surface area contributed by atoms with Crippen molar-refractivity contribution < 1.29 is 0 Å². The van der Waals surface area contributed by atoms with Gasteiger partial charge in [0.25, 0.3) is 0 Å². The minimum Gasteiger partial charge on any atom is -0.310 e. The van der Waals surface area contributed by atoms with Gasteiger partial charge in [-0.15, -0.1) is 0 Å². The molecule has 0 saturated carbocycles. The summed E-state index contributed by atoms with van der Waals surface area (Å²) in [6.45, 7) is 4.31. The molecule has 0 radical (unpaired) electrons. The number of anilines is 3. The van der Waals surface area contributed by atoms with Gasteiger partial charge in [-0.1, -0.05) is 151 Å². The topological polar surface area (TPSA) is 3.24 Å². The van der Waals surface area contributed by atoms with Crippen molar-refractivity contribution in [3.05, 3.63) is 199 Å². The highest BCUT2D eigenvalue weighted by atomic mass is 15.1. The molecule has 0 aromatic heterocycles. The molecule has 0 aliphatic rings. The van der Waals surface area contributed by atoms with E-state index in [4.69, 9.17) is 0 Å². The van der Waals surface area contributed by atoms with E-state index in [1.54, 1.807) is 0 Å². The van der Waals surface area contributed by atoms with Gasteiger partial charge in [-0.2, -0.15) is 0 Å². The predicted octanol–water partition coefficient (Wildman–Crippen LogP) is 14.2. The third kappa shape index (κ3) is 5.44. The number of rotatable bonds is 6. The first-order valence-electron chi connectivity index (χ1n) is 17.7. The van der Waals surface area contributed by atoms with Crippen LogP contribution in [0.2, 0.25) is 0 Å². The minimum atomic E-state index is 1.13. The number of hydrogen-bond acceptors (Lipinski definition) is 1. The smallest absolute Gasteiger partial charge is 0.0468 e. The van der Waals surface area contributed by atoms with Crippen LogP contribution in [0.1, 0.15) is 11.1 Å². The van der Waals surface area contributed by atoms with Gasteiger partial charge in [0.2, 0.25) is 0 Å². The molecule has 0 atom stereocenters. The lowest BCUT2D eigenvalue weighted by Gasteiger charge is -2.27. The Balaban J connectivity index is 1.45. The van der Waals surface area contributed by atoms with Crippen molar-refractivity contribution in [2.24, 2.45) is 0 Å². The molecule has 1 heteroatoms. The van der Waals surface area contributed by atoms with Crippen LogP contribution in [0.4, 0.5) is 17.1 Å². The molecule has 0 aliphatic heterocycles. The highest BCUT2D eigenvalue weighted by Crippen LogP contribution is 2.50. The molecule has 0 bridgehead atoms. The summed E-state index contributed by atoms with van der Waals surface area (Å²) in [7, 11) is 0. The second-order valence-corrected chi connectivity index (χ2v) is 13.5. The summed E-state index contributed by atoms with van der Waals surface area (Å²) in [6.07, 6.45) is 0. The first-order chi connectivity index (χ1) is 25.1. The third-order valence-electron chi connectivity index (χ3n) is 10.1. The van der Waals surface area contributed by atoms with E-state index >= 15 is 0 Å². The molecule has 0 aliphatic carbocycles. The molecule has 0 amide bonds. The number of fused-ring (bicyclic) bond motifs is 6. The van der Waals surface area contributed by atoms with Crippen LogP contribution < -0.4 is 4.90 Å². The lowest BCUT2D eigenvalue weighted by atomic mass is 9.81. The van der Waals surface area contributed by atoms with Crippen LogP contribution >= 0.6 is 0 Å². The molecule has 9 aromatic carbocycles. The van der Waals surface area contributed by atoms with E-state index in [9.17, 15) is 0 Å². The van der Waals surface area contributed by atoms with Gasteiger partial charge in [0.05, 0.1) is 0 Å². The van der Waals surface area contributed by atoms with Crippen LogP contribution in [0.15, 0.2) is 188 Å². The average Bonchev–Trinajstić information content (AvgIpc) is 3.19. The fraction of sp³-hybridized carbons (Fsp3) is 0.0400. The van der Waals surface area contributed by atoms with E-state index in [1.165, 1.54) is 76.8 Å². The molecule has 1 nitrogen and oxygen atoms in total. The molecule has 0 fully saturated rings. The number of hydrogen-bond donors (Lipinski definition) is 0. The van der Waals surface area contributed by atoms with Crippen molar-refractivity contribution in [3.8, 4) is 33.4 Å². The molecule has 0 unspecified atom stereocenters. The number of nitrogens with zero attached hydrogens (tertiary/aromatic N) is 1. The molecule has 51 heavy (non-hydrogen) atoms. The van der Waals surface area contributed by atoms with Crippen LogP contribution in [-0.2, 0) is 0 Å². The lowest BCUT2D eigenvalue weighted by molar-refractivity contribution is 1.27. The summed E-state index contributed by atoms with van der Waals surface area (Å²) in [5.74, 6) is 0. The Hall–Kier alpha value is -6.44. The summed E-state index contributed by atoms with van der Waals surface area (Å²) < 4.78 is 0. The maximum atomic E-state index is 2.43. The van der Waals surface area contributed by atoms with Crippen LogP contribution in [0.25, 0.3) is 65.7 Å². The zero-order chi connectivity index (χ0) is 34.3. The molecule has 0 spiro atoms.